The molecule has 2 heterocycles. The molecule has 0 saturated carbocycles. The Morgan fingerprint density at radius 1 is 1.44 bits per heavy atom. The van der Waals surface area contributed by atoms with Crippen LogP contribution in [0.4, 0.5) is 10.6 Å². The first kappa shape index (κ1) is 19.7. The van der Waals surface area contributed by atoms with Crippen molar-refractivity contribution in [2.24, 2.45) is 0 Å². The third-order valence-electron chi connectivity index (χ3n) is 4.47. The van der Waals surface area contributed by atoms with Crippen LogP contribution in [0.15, 0.2) is 24.3 Å². The summed E-state index contributed by atoms with van der Waals surface area (Å²) < 4.78 is 5.37. The van der Waals surface area contributed by atoms with E-state index in [1.54, 1.807) is 0 Å². The quantitative estimate of drug-likeness (QED) is 0.825. The van der Waals surface area contributed by atoms with Crippen molar-refractivity contribution in [1.82, 2.24) is 10.3 Å². The number of hydrogen-bond acceptors (Lipinski definition) is 5. The summed E-state index contributed by atoms with van der Waals surface area (Å²) in [6.07, 6.45) is -0.167. The van der Waals surface area contributed by atoms with Gasteiger partial charge in [-0.1, -0.05) is 23.7 Å². The van der Waals surface area contributed by atoms with Crippen molar-refractivity contribution >= 4 is 34.4 Å². The van der Waals surface area contributed by atoms with E-state index in [2.05, 4.69) is 5.32 Å². The third-order valence-corrected chi connectivity index (χ3v) is 4.77. The van der Waals surface area contributed by atoms with Crippen LogP contribution >= 0.6 is 11.6 Å². The Morgan fingerprint density at radius 3 is 2.81 bits per heavy atom. The summed E-state index contributed by atoms with van der Waals surface area (Å²) in [5.41, 5.74) is 1.01. The first-order valence-electron chi connectivity index (χ1n) is 9.16. The van der Waals surface area contributed by atoms with Gasteiger partial charge in [-0.2, -0.15) is 0 Å². The maximum atomic E-state index is 12.2. The number of rotatable bonds is 3. The second-order valence-electron chi connectivity index (χ2n) is 7.97. The molecule has 1 amide bonds. The lowest BCUT2D eigenvalue weighted by molar-refractivity contribution is 0.0508. The molecule has 3 rings (SSSR count). The highest BCUT2D eigenvalue weighted by Gasteiger charge is 2.27. The van der Waals surface area contributed by atoms with Gasteiger partial charge in [-0.05, 0) is 46.2 Å². The third kappa shape index (κ3) is 4.62. The molecule has 0 aliphatic carbocycles. The Labute approximate surface area is 164 Å². The second kappa shape index (κ2) is 7.52. The number of aliphatic hydroxyl groups excluding tert-OH is 1. The summed E-state index contributed by atoms with van der Waals surface area (Å²) in [4.78, 5) is 19.0. The van der Waals surface area contributed by atoms with Crippen LogP contribution in [0.2, 0.25) is 5.02 Å². The molecule has 1 saturated heterocycles. The molecule has 2 atom stereocenters. The summed E-state index contributed by atoms with van der Waals surface area (Å²) in [6, 6.07) is 7.31. The number of carbonyl (C=O) groups excluding carboxylic acids is 1. The van der Waals surface area contributed by atoms with E-state index >= 15 is 0 Å². The van der Waals surface area contributed by atoms with Crippen LogP contribution < -0.4 is 10.2 Å². The van der Waals surface area contributed by atoms with Crippen LogP contribution in [0, 0.1) is 0 Å². The van der Waals surface area contributed by atoms with Crippen LogP contribution in [-0.4, -0.2) is 41.0 Å². The number of anilines is 1. The highest BCUT2D eigenvalue weighted by molar-refractivity contribution is 6.35. The second-order valence-corrected chi connectivity index (χ2v) is 8.38. The summed E-state index contributed by atoms with van der Waals surface area (Å²) in [5.74, 6) is 0.732. The molecule has 1 aliphatic rings. The van der Waals surface area contributed by atoms with Crippen molar-refractivity contribution in [3.05, 3.63) is 34.9 Å². The maximum Gasteiger partial charge on any atom is 0.408 e. The number of nitrogens with zero attached hydrogens (tertiary/aromatic N) is 2. The molecule has 7 heteroatoms. The Kier molecular flexibility index (Phi) is 5.49. The number of β-amino-alcohol motifs (C(OH)–C–C–N with tert-alkyl or cyclic N) is 1. The monoisotopic (exact) mass is 391 g/mol. The largest absolute Gasteiger partial charge is 0.444 e. The molecule has 0 radical (unpaired) electrons. The minimum absolute atomic E-state index is 0.316. The van der Waals surface area contributed by atoms with Crippen LogP contribution in [0.5, 0.6) is 0 Å². The number of aliphatic hydroxyl groups is 1. The van der Waals surface area contributed by atoms with Crippen LogP contribution in [0.3, 0.4) is 0 Å². The number of pyridine rings is 1. The van der Waals surface area contributed by atoms with Crippen molar-refractivity contribution < 1.29 is 14.6 Å². The topological polar surface area (TPSA) is 74.7 Å². The molecule has 2 aromatic rings. The van der Waals surface area contributed by atoms with Gasteiger partial charge in [0.05, 0.1) is 22.7 Å². The van der Waals surface area contributed by atoms with Gasteiger partial charge in [0.1, 0.15) is 11.4 Å². The molecule has 1 aliphatic heterocycles. The van der Waals surface area contributed by atoms with Crippen molar-refractivity contribution in [2.45, 2.75) is 51.9 Å². The van der Waals surface area contributed by atoms with Crippen molar-refractivity contribution in [1.29, 1.82) is 0 Å². The predicted octanol–water partition coefficient (Wildman–Crippen LogP) is 4.04. The lowest BCUT2D eigenvalue weighted by atomic mass is 10.1. The fourth-order valence-corrected chi connectivity index (χ4v) is 3.46. The number of para-hydroxylation sites is 1. The number of carbonyl (C=O) groups is 1. The summed E-state index contributed by atoms with van der Waals surface area (Å²) >= 11 is 6.33. The summed E-state index contributed by atoms with van der Waals surface area (Å²) in [7, 11) is 0. The molecule has 27 heavy (non-hydrogen) atoms. The zero-order valence-corrected chi connectivity index (χ0v) is 16.9. The van der Waals surface area contributed by atoms with Gasteiger partial charge in [0.2, 0.25) is 0 Å². The number of benzene rings is 1. The van der Waals surface area contributed by atoms with Crippen molar-refractivity contribution in [3.63, 3.8) is 0 Å². The van der Waals surface area contributed by atoms with E-state index in [0.717, 1.165) is 16.8 Å². The molecule has 0 unspecified atom stereocenters. The number of nitrogens with one attached hydrogen (secondary N) is 1. The molecular weight excluding hydrogens is 366 g/mol. The zero-order chi connectivity index (χ0) is 19.8. The average molecular weight is 392 g/mol. The molecule has 0 spiro atoms. The van der Waals surface area contributed by atoms with Crippen LogP contribution in [0.25, 0.3) is 10.9 Å². The fraction of sp³-hybridized carbons (Fsp3) is 0.500. The van der Waals surface area contributed by atoms with Gasteiger partial charge < -0.3 is 20.1 Å². The lowest BCUT2D eigenvalue weighted by Crippen LogP contribution is -2.35. The highest BCUT2D eigenvalue weighted by atomic mass is 35.5. The molecule has 146 valence electrons. The van der Waals surface area contributed by atoms with Gasteiger partial charge in [-0.15, -0.1) is 0 Å². The number of hydrogen-bond donors (Lipinski definition) is 2. The van der Waals surface area contributed by atoms with E-state index < -0.39 is 11.7 Å². The molecule has 6 nitrogen and oxygen atoms in total. The first-order valence-corrected chi connectivity index (χ1v) is 9.53. The Morgan fingerprint density at radius 2 is 2.19 bits per heavy atom. The number of fused-ring (bicyclic) bond motifs is 1. The minimum atomic E-state index is -0.569. The minimum Gasteiger partial charge on any atom is -0.444 e. The molecular formula is C20H26ClN3O3. The number of aromatic nitrogens is 1. The molecule has 0 bridgehead atoms. The van der Waals surface area contributed by atoms with Crippen molar-refractivity contribution in [3.8, 4) is 0 Å². The number of amides is 1. The maximum absolute atomic E-state index is 12.2. The molecule has 1 aromatic carbocycles. The Bertz CT molecular complexity index is 850. The van der Waals surface area contributed by atoms with E-state index in [0.29, 0.717) is 30.0 Å². The van der Waals surface area contributed by atoms with E-state index in [1.165, 1.54) is 0 Å². The average Bonchev–Trinajstić information content (AvgIpc) is 2.98. The Hall–Kier alpha value is -2.05. The van der Waals surface area contributed by atoms with E-state index in [4.69, 9.17) is 21.3 Å². The van der Waals surface area contributed by atoms with Gasteiger partial charge in [0.25, 0.3) is 0 Å². The van der Waals surface area contributed by atoms with Crippen LogP contribution in [-0.2, 0) is 4.74 Å². The summed E-state index contributed by atoms with van der Waals surface area (Å²) in [6.45, 7) is 8.59. The number of ether oxygens (including phenoxy) is 1. The van der Waals surface area contributed by atoms with Gasteiger partial charge in [-0.25, -0.2) is 9.78 Å². The van der Waals surface area contributed by atoms with Gasteiger partial charge in [-0.3, -0.25) is 0 Å². The van der Waals surface area contributed by atoms with Crippen LogP contribution in [0.1, 0.15) is 45.7 Å². The number of alkyl carbamates (subject to hydrolysis) is 1. The smallest absolute Gasteiger partial charge is 0.408 e. The van der Waals surface area contributed by atoms with E-state index in [1.807, 2.05) is 56.9 Å². The summed E-state index contributed by atoms with van der Waals surface area (Å²) in [5, 5.41) is 14.3. The lowest BCUT2D eigenvalue weighted by Gasteiger charge is -2.26. The number of halogens is 1. The first-order chi connectivity index (χ1) is 12.6. The predicted molar refractivity (Wildman–Crippen MR) is 107 cm³/mol. The SMILES string of the molecule is C[C@H](NC(=O)OC(C)(C)C)c1cc2cccc(Cl)c2nc1N1CC[C@@H](O)C1. The molecule has 2 N–H and O–H groups in total. The van der Waals surface area contributed by atoms with E-state index in [9.17, 15) is 9.90 Å². The van der Waals surface area contributed by atoms with Crippen molar-refractivity contribution in [2.75, 3.05) is 18.0 Å². The van der Waals surface area contributed by atoms with Gasteiger partial charge >= 0.3 is 6.09 Å². The van der Waals surface area contributed by atoms with Gasteiger partial charge in [0, 0.05) is 24.0 Å². The molecule has 1 aromatic heterocycles. The van der Waals surface area contributed by atoms with Gasteiger partial charge in [0.15, 0.2) is 0 Å². The molecule has 1 fully saturated rings. The van der Waals surface area contributed by atoms with E-state index in [-0.39, 0.29) is 12.1 Å². The zero-order valence-electron chi connectivity index (χ0n) is 16.1. The fourth-order valence-electron chi connectivity index (χ4n) is 3.24. The standard InChI is InChI=1S/C20H26ClN3O3/c1-12(22-19(26)27-20(2,3)4)15-10-13-6-5-7-16(21)17(13)23-18(15)24-9-8-14(25)11-24/h5-7,10,12,14,25H,8-9,11H2,1-4H3,(H,22,26)/t12-,14+/m0/s1. The normalized spacial score (nSPS) is 18.6. The Balaban J connectivity index is 1.98. The highest BCUT2D eigenvalue weighted by Crippen LogP contribution is 2.33.